The summed E-state index contributed by atoms with van der Waals surface area (Å²) in [6.07, 6.45) is 5.07. The number of anilines is 2. The predicted octanol–water partition coefficient (Wildman–Crippen LogP) is 6.30. The van der Waals surface area contributed by atoms with Gasteiger partial charge in [0.15, 0.2) is 5.82 Å². The summed E-state index contributed by atoms with van der Waals surface area (Å²) >= 11 is 5.99. The molecule has 0 unspecified atom stereocenters. The molecular weight excluding hydrogens is 441 g/mol. The molecule has 5 rings (SSSR count). The van der Waals surface area contributed by atoms with Gasteiger partial charge in [-0.05, 0) is 60.2 Å². The SMILES string of the molecule is COc1ncccc1-c1ccc2nc(-c3cccnc3)nc(Nc3ccc(F)c(Cl)c3)c2c1. The highest BCUT2D eigenvalue weighted by molar-refractivity contribution is 6.31. The lowest BCUT2D eigenvalue weighted by Crippen LogP contribution is -2.00. The van der Waals surface area contributed by atoms with Crippen LogP contribution in [-0.2, 0) is 0 Å². The number of halogens is 2. The second-order valence-electron chi connectivity index (χ2n) is 7.18. The topological polar surface area (TPSA) is 72.8 Å². The highest BCUT2D eigenvalue weighted by atomic mass is 35.5. The average molecular weight is 458 g/mol. The third-order valence-electron chi connectivity index (χ3n) is 5.07. The van der Waals surface area contributed by atoms with E-state index < -0.39 is 5.82 Å². The smallest absolute Gasteiger partial charge is 0.221 e. The van der Waals surface area contributed by atoms with Crippen molar-refractivity contribution in [3.63, 3.8) is 0 Å². The molecule has 3 aromatic heterocycles. The Morgan fingerprint density at radius 2 is 1.82 bits per heavy atom. The molecule has 0 atom stereocenters. The van der Waals surface area contributed by atoms with Gasteiger partial charge in [-0.25, -0.2) is 19.3 Å². The van der Waals surface area contributed by atoms with Crippen molar-refractivity contribution in [2.45, 2.75) is 0 Å². The minimum Gasteiger partial charge on any atom is -0.481 e. The molecule has 162 valence electrons. The Kier molecular flexibility index (Phi) is 5.54. The molecule has 0 saturated carbocycles. The van der Waals surface area contributed by atoms with E-state index in [2.05, 4.69) is 15.3 Å². The molecule has 33 heavy (non-hydrogen) atoms. The van der Waals surface area contributed by atoms with Crippen molar-refractivity contribution in [2.75, 3.05) is 12.4 Å². The monoisotopic (exact) mass is 457 g/mol. The van der Waals surface area contributed by atoms with Gasteiger partial charge in [-0.2, -0.15) is 0 Å². The highest BCUT2D eigenvalue weighted by Crippen LogP contribution is 2.34. The average Bonchev–Trinajstić information content (AvgIpc) is 2.86. The second kappa shape index (κ2) is 8.80. The Bertz CT molecular complexity index is 1460. The van der Waals surface area contributed by atoms with Crippen molar-refractivity contribution in [2.24, 2.45) is 0 Å². The van der Waals surface area contributed by atoms with Crippen LogP contribution in [0.15, 0.2) is 79.3 Å². The standard InChI is InChI=1S/C25H17ClFN5O/c1-33-25-18(5-3-11-29-25)15-6-9-22-19(12-15)24(30-17-7-8-21(27)20(26)13-17)32-23(31-22)16-4-2-10-28-14-16/h2-14H,1H3,(H,30,31,32). The summed E-state index contributed by atoms with van der Waals surface area (Å²) in [6, 6.07) is 17.8. The number of hydrogen-bond acceptors (Lipinski definition) is 6. The van der Waals surface area contributed by atoms with E-state index in [1.807, 2.05) is 42.5 Å². The molecule has 1 N–H and O–H groups in total. The van der Waals surface area contributed by atoms with Gasteiger partial charge in [-0.1, -0.05) is 17.7 Å². The first kappa shape index (κ1) is 20.8. The molecule has 0 spiro atoms. The minimum absolute atomic E-state index is 0.0200. The van der Waals surface area contributed by atoms with Crippen LogP contribution >= 0.6 is 11.6 Å². The van der Waals surface area contributed by atoms with Gasteiger partial charge in [-0.15, -0.1) is 0 Å². The summed E-state index contributed by atoms with van der Waals surface area (Å²) in [6.45, 7) is 0. The molecule has 0 aliphatic heterocycles. The van der Waals surface area contributed by atoms with E-state index in [1.54, 1.807) is 31.8 Å². The number of benzene rings is 2. The van der Waals surface area contributed by atoms with E-state index in [0.717, 1.165) is 27.6 Å². The molecule has 2 aromatic carbocycles. The number of hydrogen-bond donors (Lipinski definition) is 1. The normalized spacial score (nSPS) is 10.9. The molecule has 0 amide bonds. The first-order valence-corrected chi connectivity index (χ1v) is 10.4. The molecule has 3 heterocycles. The third kappa shape index (κ3) is 4.18. The number of methoxy groups -OCH3 is 1. The van der Waals surface area contributed by atoms with E-state index >= 15 is 0 Å². The first-order valence-electron chi connectivity index (χ1n) is 10.1. The number of pyridine rings is 2. The van der Waals surface area contributed by atoms with Crippen LogP contribution in [0.4, 0.5) is 15.9 Å². The molecule has 0 radical (unpaired) electrons. The summed E-state index contributed by atoms with van der Waals surface area (Å²) in [4.78, 5) is 17.9. The Hall–Kier alpha value is -4.10. The number of aromatic nitrogens is 4. The minimum atomic E-state index is -0.489. The van der Waals surface area contributed by atoms with Gasteiger partial charge in [0.25, 0.3) is 0 Å². The molecular formula is C25H17ClFN5O. The zero-order valence-electron chi connectivity index (χ0n) is 17.5. The van der Waals surface area contributed by atoms with Crippen LogP contribution in [0, 0.1) is 5.82 Å². The van der Waals surface area contributed by atoms with Gasteiger partial charge >= 0.3 is 0 Å². The summed E-state index contributed by atoms with van der Waals surface area (Å²) in [5.41, 5.74) is 3.84. The van der Waals surface area contributed by atoms with Crippen LogP contribution in [0.1, 0.15) is 0 Å². The van der Waals surface area contributed by atoms with E-state index in [0.29, 0.717) is 23.2 Å². The molecule has 6 nitrogen and oxygen atoms in total. The maximum atomic E-state index is 13.7. The molecule has 0 saturated heterocycles. The lowest BCUT2D eigenvalue weighted by molar-refractivity contribution is 0.399. The Morgan fingerprint density at radius 1 is 0.939 bits per heavy atom. The van der Waals surface area contributed by atoms with Gasteiger partial charge in [-0.3, -0.25) is 4.98 Å². The zero-order chi connectivity index (χ0) is 22.8. The molecule has 5 aromatic rings. The van der Waals surface area contributed by atoms with Crippen molar-refractivity contribution in [1.82, 2.24) is 19.9 Å². The number of nitrogens with one attached hydrogen (secondary N) is 1. The van der Waals surface area contributed by atoms with Crippen LogP contribution in [0.3, 0.4) is 0 Å². The van der Waals surface area contributed by atoms with E-state index in [1.165, 1.54) is 12.1 Å². The Labute approximate surface area is 194 Å². The fourth-order valence-corrected chi connectivity index (χ4v) is 3.68. The largest absolute Gasteiger partial charge is 0.481 e. The lowest BCUT2D eigenvalue weighted by Gasteiger charge is -2.13. The maximum Gasteiger partial charge on any atom is 0.221 e. The van der Waals surface area contributed by atoms with Crippen LogP contribution in [0.25, 0.3) is 33.4 Å². The predicted molar refractivity (Wildman–Crippen MR) is 127 cm³/mol. The van der Waals surface area contributed by atoms with Crippen molar-refractivity contribution >= 4 is 34.0 Å². The van der Waals surface area contributed by atoms with Crippen molar-refractivity contribution in [3.8, 4) is 28.4 Å². The maximum absolute atomic E-state index is 13.7. The number of fused-ring (bicyclic) bond motifs is 1. The molecule has 0 aliphatic rings. The summed E-state index contributed by atoms with van der Waals surface area (Å²) < 4.78 is 19.1. The Morgan fingerprint density at radius 3 is 2.61 bits per heavy atom. The third-order valence-corrected chi connectivity index (χ3v) is 5.36. The molecule has 0 bridgehead atoms. The van der Waals surface area contributed by atoms with Crippen LogP contribution in [-0.4, -0.2) is 27.0 Å². The van der Waals surface area contributed by atoms with E-state index in [4.69, 9.17) is 26.3 Å². The van der Waals surface area contributed by atoms with Crippen LogP contribution in [0.2, 0.25) is 5.02 Å². The van der Waals surface area contributed by atoms with Crippen LogP contribution < -0.4 is 10.1 Å². The highest BCUT2D eigenvalue weighted by Gasteiger charge is 2.14. The lowest BCUT2D eigenvalue weighted by atomic mass is 10.0. The quantitative estimate of drug-likeness (QED) is 0.334. The fraction of sp³-hybridized carbons (Fsp3) is 0.0400. The summed E-state index contributed by atoms with van der Waals surface area (Å²) in [5.74, 6) is 1.09. The van der Waals surface area contributed by atoms with Gasteiger partial charge in [0.2, 0.25) is 5.88 Å². The number of ether oxygens (including phenoxy) is 1. The number of rotatable bonds is 5. The van der Waals surface area contributed by atoms with Crippen LogP contribution in [0.5, 0.6) is 5.88 Å². The summed E-state index contributed by atoms with van der Waals surface area (Å²) in [5, 5.41) is 4.05. The molecule has 0 fully saturated rings. The number of nitrogens with zero attached hydrogens (tertiary/aromatic N) is 4. The zero-order valence-corrected chi connectivity index (χ0v) is 18.2. The first-order chi connectivity index (χ1) is 16.1. The van der Waals surface area contributed by atoms with Gasteiger partial charge in [0, 0.05) is 40.8 Å². The van der Waals surface area contributed by atoms with E-state index in [9.17, 15) is 4.39 Å². The van der Waals surface area contributed by atoms with Gasteiger partial charge in [0.1, 0.15) is 11.6 Å². The van der Waals surface area contributed by atoms with Crippen molar-refractivity contribution in [1.29, 1.82) is 0 Å². The van der Waals surface area contributed by atoms with Crippen molar-refractivity contribution < 1.29 is 9.13 Å². The Balaban J connectivity index is 1.69. The van der Waals surface area contributed by atoms with Crippen molar-refractivity contribution in [3.05, 3.63) is 90.1 Å². The molecule has 0 aliphatic carbocycles. The summed E-state index contributed by atoms with van der Waals surface area (Å²) in [7, 11) is 1.58. The van der Waals surface area contributed by atoms with Gasteiger partial charge in [0.05, 0.1) is 17.6 Å². The second-order valence-corrected chi connectivity index (χ2v) is 7.59. The van der Waals surface area contributed by atoms with Gasteiger partial charge < -0.3 is 10.1 Å². The molecule has 8 heteroatoms. The fourth-order valence-electron chi connectivity index (χ4n) is 3.50. The van der Waals surface area contributed by atoms with E-state index in [-0.39, 0.29) is 5.02 Å².